The molecule has 21 heavy (non-hydrogen) atoms. The molecule has 1 aromatic heterocycles. The van der Waals surface area contributed by atoms with E-state index in [1.54, 1.807) is 31.2 Å². The lowest BCUT2D eigenvalue weighted by Gasteiger charge is -2.26. The number of rotatable bonds is 3. The van der Waals surface area contributed by atoms with Crippen LogP contribution in [0.4, 0.5) is 0 Å². The molecule has 0 spiro atoms. The van der Waals surface area contributed by atoms with E-state index in [-0.39, 0.29) is 5.91 Å². The second-order valence-corrected chi connectivity index (χ2v) is 5.77. The number of nitrogens with zero attached hydrogens (tertiary/aromatic N) is 2. The van der Waals surface area contributed by atoms with Crippen LogP contribution < -0.4 is 5.32 Å². The average Bonchev–Trinajstić information content (AvgIpc) is 3.09. The maximum Gasteiger partial charge on any atom is 0.253 e. The predicted molar refractivity (Wildman–Crippen MR) is 78.1 cm³/mol. The molecule has 6 heteroatoms. The first-order valence-corrected chi connectivity index (χ1v) is 7.36. The number of hydrogen-bond acceptors (Lipinski definition) is 4. The summed E-state index contributed by atoms with van der Waals surface area (Å²) in [6, 6.07) is 7.01. The molecule has 1 aromatic carbocycles. The van der Waals surface area contributed by atoms with Crippen LogP contribution in [0.15, 0.2) is 28.8 Å². The molecule has 0 aliphatic heterocycles. The molecule has 2 aromatic rings. The van der Waals surface area contributed by atoms with Crippen LogP contribution in [0.5, 0.6) is 0 Å². The minimum Gasteiger partial charge on any atom is -0.340 e. The standard InChI is InChI=1S/C15H16ClN3O2/c1-10-17-14(19-21-10)15(8-4-5-9-15)18-13(20)11-6-2-3-7-12(11)16/h2-3,6-7H,4-5,8-9H2,1H3,(H,18,20). The highest BCUT2D eigenvalue weighted by Crippen LogP contribution is 2.37. The quantitative estimate of drug-likeness (QED) is 0.945. The van der Waals surface area contributed by atoms with Crippen molar-refractivity contribution in [2.75, 3.05) is 0 Å². The van der Waals surface area contributed by atoms with Crippen LogP contribution in [-0.4, -0.2) is 16.0 Å². The lowest BCUT2D eigenvalue weighted by atomic mass is 9.96. The Morgan fingerprint density at radius 1 is 1.33 bits per heavy atom. The van der Waals surface area contributed by atoms with Gasteiger partial charge in [-0.25, -0.2) is 0 Å². The SMILES string of the molecule is Cc1nc(C2(NC(=O)c3ccccc3Cl)CCCC2)no1. The smallest absolute Gasteiger partial charge is 0.253 e. The van der Waals surface area contributed by atoms with Crippen LogP contribution in [0.25, 0.3) is 0 Å². The van der Waals surface area contributed by atoms with Crippen molar-refractivity contribution in [3.63, 3.8) is 0 Å². The second kappa shape index (κ2) is 5.48. The van der Waals surface area contributed by atoms with Gasteiger partial charge in [0.1, 0.15) is 5.54 Å². The van der Waals surface area contributed by atoms with Gasteiger partial charge < -0.3 is 9.84 Å². The summed E-state index contributed by atoms with van der Waals surface area (Å²) in [5, 5.41) is 7.51. The summed E-state index contributed by atoms with van der Waals surface area (Å²) in [5.74, 6) is 0.853. The van der Waals surface area contributed by atoms with E-state index in [1.165, 1.54) is 0 Å². The van der Waals surface area contributed by atoms with Crippen LogP contribution in [0.1, 0.15) is 47.8 Å². The molecule has 0 saturated heterocycles. The fourth-order valence-electron chi connectivity index (χ4n) is 2.81. The van der Waals surface area contributed by atoms with Crippen LogP contribution in [0.3, 0.4) is 0 Å². The molecule has 0 radical (unpaired) electrons. The molecular formula is C15H16ClN3O2. The molecule has 1 saturated carbocycles. The van der Waals surface area contributed by atoms with Crippen molar-refractivity contribution in [2.24, 2.45) is 0 Å². The summed E-state index contributed by atoms with van der Waals surface area (Å²) in [5.41, 5.74) is -0.0840. The monoisotopic (exact) mass is 305 g/mol. The molecule has 3 rings (SSSR count). The zero-order chi connectivity index (χ0) is 14.9. The second-order valence-electron chi connectivity index (χ2n) is 5.36. The molecule has 0 atom stereocenters. The molecule has 110 valence electrons. The van der Waals surface area contributed by atoms with Gasteiger partial charge in [0.05, 0.1) is 10.6 Å². The van der Waals surface area contributed by atoms with Gasteiger partial charge in [-0.2, -0.15) is 4.98 Å². The summed E-state index contributed by atoms with van der Waals surface area (Å²) >= 11 is 6.09. The van der Waals surface area contributed by atoms with Gasteiger partial charge in [0.25, 0.3) is 5.91 Å². The molecule has 1 aliphatic rings. The van der Waals surface area contributed by atoms with Crippen LogP contribution in [-0.2, 0) is 5.54 Å². The Labute approximate surface area is 127 Å². The fraction of sp³-hybridized carbons (Fsp3) is 0.400. The highest BCUT2D eigenvalue weighted by atomic mass is 35.5. The molecule has 1 N–H and O–H groups in total. The largest absolute Gasteiger partial charge is 0.340 e. The van der Waals surface area contributed by atoms with Gasteiger partial charge in [-0.05, 0) is 25.0 Å². The third-order valence-electron chi connectivity index (χ3n) is 3.88. The minimum absolute atomic E-state index is 0.204. The van der Waals surface area contributed by atoms with E-state index < -0.39 is 5.54 Å². The van der Waals surface area contributed by atoms with Gasteiger partial charge >= 0.3 is 0 Å². The Balaban J connectivity index is 1.90. The van der Waals surface area contributed by atoms with Crippen molar-refractivity contribution in [3.8, 4) is 0 Å². The van der Waals surface area contributed by atoms with Gasteiger partial charge in [0, 0.05) is 6.92 Å². The number of nitrogens with one attached hydrogen (secondary N) is 1. The fourth-order valence-corrected chi connectivity index (χ4v) is 3.03. The van der Waals surface area contributed by atoms with E-state index >= 15 is 0 Å². The molecule has 1 aliphatic carbocycles. The number of hydrogen-bond donors (Lipinski definition) is 1. The van der Waals surface area contributed by atoms with E-state index in [0.29, 0.717) is 22.3 Å². The molecule has 1 amide bonds. The van der Waals surface area contributed by atoms with Gasteiger partial charge in [-0.3, -0.25) is 4.79 Å². The highest BCUT2D eigenvalue weighted by molar-refractivity contribution is 6.33. The number of carbonyl (C=O) groups is 1. The topological polar surface area (TPSA) is 68.0 Å². The lowest BCUT2D eigenvalue weighted by molar-refractivity contribution is 0.0892. The Kier molecular flexibility index (Phi) is 3.68. The number of halogens is 1. The van der Waals surface area contributed by atoms with E-state index in [0.717, 1.165) is 25.7 Å². The number of amides is 1. The first-order valence-electron chi connectivity index (χ1n) is 6.99. The lowest BCUT2D eigenvalue weighted by Crippen LogP contribution is -2.44. The van der Waals surface area contributed by atoms with Crippen molar-refractivity contribution in [1.29, 1.82) is 0 Å². The van der Waals surface area contributed by atoms with Gasteiger partial charge in [-0.15, -0.1) is 0 Å². The number of aryl methyl sites for hydroxylation is 1. The van der Waals surface area contributed by atoms with Gasteiger partial charge in [0.2, 0.25) is 5.89 Å². The van der Waals surface area contributed by atoms with E-state index in [4.69, 9.17) is 16.1 Å². The van der Waals surface area contributed by atoms with Crippen molar-refractivity contribution >= 4 is 17.5 Å². The summed E-state index contributed by atoms with van der Waals surface area (Å²) in [6.45, 7) is 1.75. The van der Waals surface area contributed by atoms with Crippen molar-refractivity contribution in [2.45, 2.75) is 38.1 Å². The van der Waals surface area contributed by atoms with E-state index in [9.17, 15) is 4.79 Å². The summed E-state index contributed by atoms with van der Waals surface area (Å²) < 4.78 is 5.07. The Hall–Kier alpha value is -1.88. The zero-order valence-electron chi connectivity index (χ0n) is 11.7. The number of benzene rings is 1. The molecule has 0 bridgehead atoms. The Bertz CT molecular complexity index is 662. The minimum atomic E-state index is -0.548. The van der Waals surface area contributed by atoms with Crippen LogP contribution in [0.2, 0.25) is 5.02 Å². The van der Waals surface area contributed by atoms with Crippen LogP contribution in [0, 0.1) is 6.92 Å². The summed E-state index contributed by atoms with van der Waals surface area (Å²) in [6.07, 6.45) is 3.66. The van der Waals surface area contributed by atoms with Crippen molar-refractivity contribution < 1.29 is 9.32 Å². The van der Waals surface area contributed by atoms with E-state index in [2.05, 4.69) is 15.5 Å². The first-order chi connectivity index (χ1) is 10.1. The van der Waals surface area contributed by atoms with Gasteiger partial charge in [0.15, 0.2) is 5.82 Å². The Morgan fingerprint density at radius 2 is 2.05 bits per heavy atom. The molecule has 5 nitrogen and oxygen atoms in total. The number of aromatic nitrogens is 2. The molecule has 0 unspecified atom stereocenters. The van der Waals surface area contributed by atoms with Crippen molar-refractivity contribution in [1.82, 2.24) is 15.5 Å². The maximum absolute atomic E-state index is 12.5. The van der Waals surface area contributed by atoms with E-state index in [1.807, 2.05) is 0 Å². The summed E-state index contributed by atoms with van der Waals surface area (Å²) in [7, 11) is 0. The average molecular weight is 306 g/mol. The normalized spacial score (nSPS) is 16.9. The third kappa shape index (κ3) is 2.65. The molecule has 1 heterocycles. The number of carbonyl (C=O) groups excluding carboxylic acids is 1. The molecular weight excluding hydrogens is 290 g/mol. The van der Waals surface area contributed by atoms with Crippen molar-refractivity contribution in [3.05, 3.63) is 46.6 Å². The van der Waals surface area contributed by atoms with Crippen LogP contribution >= 0.6 is 11.6 Å². The summed E-state index contributed by atoms with van der Waals surface area (Å²) in [4.78, 5) is 16.8. The first kappa shape index (κ1) is 14.1. The molecule has 1 fully saturated rings. The van der Waals surface area contributed by atoms with Gasteiger partial charge in [-0.1, -0.05) is 41.7 Å². The highest BCUT2D eigenvalue weighted by Gasteiger charge is 2.41. The Morgan fingerprint density at radius 3 is 2.67 bits per heavy atom. The predicted octanol–water partition coefficient (Wildman–Crippen LogP) is 3.23. The zero-order valence-corrected chi connectivity index (χ0v) is 12.5. The maximum atomic E-state index is 12.5. The third-order valence-corrected chi connectivity index (χ3v) is 4.21.